The number of carbonyl (C=O) groups is 1. The van der Waals surface area contributed by atoms with Gasteiger partial charge in [-0.15, -0.1) is 29.1 Å². The molecule has 1 heterocycles. The number of rotatable bonds is 8. The number of hydrogen-bond donors (Lipinski definition) is 1. The topological polar surface area (TPSA) is 63.1 Å². The number of carbonyl (C=O) groups excluding carboxylic acids is 1. The van der Waals surface area contributed by atoms with Gasteiger partial charge in [0.05, 0.1) is 11.5 Å². The first-order valence-electron chi connectivity index (χ1n) is 17.7. The van der Waals surface area contributed by atoms with E-state index in [-0.39, 0.29) is 54.3 Å². The van der Waals surface area contributed by atoms with Crippen LogP contribution in [0.2, 0.25) is 0 Å². The second-order valence-corrected chi connectivity index (χ2v) is 14.7. The van der Waals surface area contributed by atoms with Crippen molar-refractivity contribution in [3.8, 4) is 22.5 Å². The molecular formula is C44H51IrN2O2-. The van der Waals surface area contributed by atoms with E-state index in [2.05, 4.69) is 107 Å². The predicted octanol–water partition coefficient (Wildman–Crippen LogP) is 11.7. The van der Waals surface area contributed by atoms with E-state index < -0.39 is 0 Å². The van der Waals surface area contributed by atoms with Crippen LogP contribution in [0.1, 0.15) is 105 Å². The minimum absolute atomic E-state index is 0. The summed E-state index contributed by atoms with van der Waals surface area (Å²) in [6.07, 6.45) is 6.63. The number of nitrogens with zero attached hydrogens (tertiary/aromatic N) is 2. The number of benzene rings is 4. The molecule has 0 aliphatic heterocycles. The molecule has 1 aliphatic carbocycles. The first-order chi connectivity index (χ1) is 22.9. The standard InChI is InChI=1S/C31H27N2.C13H24O2.Ir/c1-30(2,3)25-17-21(16-20-11-7-8-12-22(20)25)28-27-29(33-18-32-28)26-23-13-9-6-10-19(23)14-15-24(26)31(27,4)5;1-5-10(6-2)12(14)9-13(15)11(7-3)8-4;/h6-15,17-18H,1-5H3;9-11,14H,5-8H2,1-4H3;/q-1;;/b;12-9-;. The van der Waals surface area contributed by atoms with E-state index >= 15 is 0 Å². The van der Waals surface area contributed by atoms with E-state index in [4.69, 9.17) is 9.97 Å². The summed E-state index contributed by atoms with van der Waals surface area (Å²) < 4.78 is 0. The van der Waals surface area contributed by atoms with Gasteiger partial charge in [-0.25, -0.2) is 4.98 Å². The van der Waals surface area contributed by atoms with Crippen LogP contribution in [0.4, 0.5) is 0 Å². The van der Waals surface area contributed by atoms with Gasteiger partial charge in [-0.1, -0.05) is 128 Å². The predicted molar refractivity (Wildman–Crippen MR) is 201 cm³/mol. The molecule has 4 nitrogen and oxygen atoms in total. The Bertz CT molecular complexity index is 1980. The van der Waals surface area contributed by atoms with Crippen molar-refractivity contribution in [3.05, 3.63) is 108 Å². The van der Waals surface area contributed by atoms with Gasteiger partial charge in [-0.3, -0.25) is 9.78 Å². The largest absolute Gasteiger partial charge is 0.512 e. The molecule has 1 aliphatic rings. The monoisotopic (exact) mass is 832 g/mol. The maximum atomic E-state index is 11.7. The van der Waals surface area contributed by atoms with E-state index in [1.54, 1.807) is 6.33 Å². The molecule has 0 atom stereocenters. The summed E-state index contributed by atoms with van der Waals surface area (Å²) in [5.41, 5.74) is 7.96. The molecule has 49 heavy (non-hydrogen) atoms. The number of allylic oxidation sites excluding steroid dienone is 2. The Morgan fingerprint density at radius 1 is 0.837 bits per heavy atom. The fourth-order valence-corrected chi connectivity index (χ4v) is 7.31. The number of ketones is 1. The maximum Gasteiger partial charge on any atom is 0.162 e. The quantitative estimate of drug-likeness (QED) is 0.0961. The van der Waals surface area contributed by atoms with Gasteiger partial charge in [0.1, 0.15) is 6.33 Å². The van der Waals surface area contributed by atoms with Crippen molar-refractivity contribution >= 4 is 27.3 Å². The van der Waals surface area contributed by atoms with Crippen LogP contribution in [-0.2, 0) is 35.7 Å². The van der Waals surface area contributed by atoms with Gasteiger partial charge in [-0.2, -0.15) is 0 Å². The van der Waals surface area contributed by atoms with Crippen LogP contribution in [-0.4, -0.2) is 20.9 Å². The molecule has 259 valence electrons. The first kappa shape index (κ1) is 38.1. The molecule has 1 radical (unpaired) electrons. The molecule has 0 saturated carbocycles. The molecule has 1 N–H and O–H groups in total. The van der Waals surface area contributed by atoms with Gasteiger partial charge in [0, 0.05) is 54.7 Å². The van der Waals surface area contributed by atoms with Gasteiger partial charge in [0.15, 0.2) is 5.78 Å². The molecule has 5 aromatic rings. The summed E-state index contributed by atoms with van der Waals surface area (Å²) in [7, 11) is 0. The van der Waals surface area contributed by atoms with Crippen LogP contribution >= 0.6 is 0 Å². The molecule has 0 fully saturated rings. The smallest absolute Gasteiger partial charge is 0.162 e. The Labute approximate surface area is 306 Å². The molecule has 5 heteroatoms. The summed E-state index contributed by atoms with van der Waals surface area (Å²) in [5.74, 6) is 0.547. The maximum absolute atomic E-state index is 11.7. The number of fused-ring (bicyclic) bond motifs is 6. The van der Waals surface area contributed by atoms with Crippen LogP contribution in [0, 0.1) is 17.9 Å². The molecule has 1 aromatic heterocycles. The van der Waals surface area contributed by atoms with Crippen molar-refractivity contribution in [2.24, 2.45) is 11.8 Å². The first-order valence-corrected chi connectivity index (χ1v) is 17.7. The Hall–Kier alpha value is -3.66. The third-order valence-electron chi connectivity index (χ3n) is 10.2. The zero-order valence-corrected chi connectivity index (χ0v) is 33.0. The number of hydrogen-bond acceptors (Lipinski definition) is 4. The fourth-order valence-electron chi connectivity index (χ4n) is 7.31. The average Bonchev–Trinajstić information content (AvgIpc) is 3.31. The molecule has 6 rings (SSSR count). The third kappa shape index (κ3) is 7.44. The number of aromatic nitrogens is 2. The van der Waals surface area contributed by atoms with Gasteiger partial charge in [0.2, 0.25) is 0 Å². The molecule has 0 unspecified atom stereocenters. The minimum Gasteiger partial charge on any atom is -0.512 e. The van der Waals surface area contributed by atoms with E-state index in [9.17, 15) is 9.90 Å². The van der Waals surface area contributed by atoms with Crippen LogP contribution < -0.4 is 0 Å². The summed E-state index contributed by atoms with van der Waals surface area (Å²) >= 11 is 0. The third-order valence-corrected chi connectivity index (χ3v) is 10.2. The Morgan fingerprint density at radius 2 is 1.43 bits per heavy atom. The number of aliphatic hydroxyl groups is 1. The Morgan fingerprint density at radius 3 is 2.06 bits per heavy atom. The summed E-state index contributed by atoms with van der Waals surface area (Å²) in [5, 5.41) is 14.6. The van der Waals surface area contributed by atoms with Crippen LogP contribution in [0.5, 0.6) is 0 Å². The molecule has 0 saturated heterocycles. The van der Waals surface area contributed by atoms with Crippen molar-refractivity contribution in [1.82, 2.24) is 9.97 Å². The van der Waals surface area contributed by atoms with Crippen LogP contribution in [0.15, 0.2) is 84.9 Å². The Balaban J connectivity index is 0.000000290. The average molecular weight is 832 g/mol. The SMILES string of the molecule is CC(C)(C)c1cc(-c2ncnc3c2C(C)(C)c2ccc4ccccc4c2-3)[c-]c2ccccc12.CCC(CC)C(=O)/C=C(\O)C(CC)CC.[Ir]. The van der Waals surface area contributed by atoms with Crippen molar-refractivity contribution in [3.63, 3.8) is 0 Å². The van der Waals surface area contributed by atoms with E-state index in [0.29, 0.717) is 0 Å². The second kappa shape index (κ2) is 15.5. The fraction of sp³-hybridized carbons (Fsp3) is 0.386. The summed E-state index contributed by atoms with van der Waals surface area (Å²) in [6.45, 7) is 19.5. The second-order valence-electron chi connectivity index (χ2n) is 14.7. The molecule has 4 aromatic carbocycles. The van der Waals surface area contributed by atoms with Crippen molar-refractivity contribution in [2.45, 2.75) is 98.8 Å². The molecule has 0 amide bonds. The van der Waals surface area contributed by atoms with Crippen LogP contribution in [0.3, 0.4) is 0 Å². The minimum atomic E-state index is -0.202. The van der Waals surface area contributed by atoms with Crippen molar-refractivity contribution < 1.29 is 30.0 Å². The summed E-state index contributed by atoms with van der Waals surface area (Å²) in [6, 6.07) is 27.6. The van der Waals surface area contributed by atoms with Gasteiger partial charge in [-0.05, 0) is 53.0 Å². The molecular weight excluding hydrogens is 781 g/mol. The van der Waals surface area contributed by atoms with E-state index in [1.165, 1.54) is 44.5 Å². The molecule has 0 bridgehead atoms. The Kier molecular flexibility index (Phi) is 12.1. The zero-order chi connectivity index (χ0) is 34.8. The van der Waals surface area contributed by atoms with Gasteiger partial charge >= 0.3 is 0 Å². The normalized spacial score (nSPS) is 13.6. The van der Waals surface area contributed by atoms with Crippen molar-refractivity contribution in [2.75, 3.05) is 0 Å². The zero-order valence-electron chi connectivity index (χ0n) is 30.6. The number of aliphatic hydroxyl groups excluding tert-OH is 1. The molecule has 0 spiro atoms. The van der Waals surface area contributed by atoms with E-state index in [1.807, 2.05) is 27.7 Å². The van der Waals surface area contributed by atoms with Crippen molar-refractivity contribution in [1.29, 1.82) is 0 Å². The summed E-state index contributed by atoms with van der Waals surface area (Å²) in [4.78, 5) is 21.4. The van der Waals surface area contributed by atoms with Crippen LogP contribution in [0.25, 0.3) is 44.1 Å². The van der Waals surface area contributed by atoms with Gasteiger partial charge < -0.3 is 5.11 Å². The van der Waals surface area contributed by atoms with E-state index in [0.717, 1.165) is 48.0 Å². The van der Waals surface area contributed by atoms with Gasteiger partial charge in [0.25, 0.3) is 0 Å².